The van der Waals surface area contributed by atoms with Gasteiger partial charge >= 0.3 is 0 Å². The van der Waals surface area contributed by atoms with Crippen LogP contribution in [0.2, 0.25) is 0 Å². The topological polar surface area (TPSA) is 67.8 Å². The van der Waals surface area contributed by atoms with Crippen molar-refractivity contribution in [2.24, 2.45) is 0 Å². The van der Waals surface area contributed by atoms with Gasteiger partial charge < -0.3 is 0 Å². The van der Waals surface area contributed by atoms with Gasteiger partial charge in [-0.15, -0.1) is 21.5 Å². The summed E-state index contributed by atoms with van der Waals surface area (Å²) in [5.74, 6) is 0.628. The zero-order valence-corrected chi connectivity index (χ0v) is 17.5. The lowest BCUT2D eigenvalue weighted by atomic mass is 10.2. The first-order valence-corrected chi connectivity index (χ1v) is 11.6. The maximum Gasteiger partial charge on any atom is 0.269 e. The van der Waals surface area contributed by atoms with Gasteiger partial charge in [-0.1, -0.05) is 53.4 Å². The average molecular weight is 431 g/mol. The summed E-state index contributed by atoms with van der Waals surface area (Å²) >= 11 is 6.00. The van der Waals surface area contributed by atoms with Gasteiger partial charge in [-0.25, -0.2) is 4.98 Å². The van der Waals surface area contributed by atoms with E-state index in [0.717, 1.165) is 26.4 Å². The van der Waals surface area contributed by atoms with E-state index in [1.54, 1.807) is 23.1 Å². The number of hydrogen-bond acceptors (Lipinski definition) is 8. The summed E-state index contributed by atoms with van der Waals surface area (Å²) in [7, 11) is 0. The van der Waals surface area contributed by atoms with Crippen LogP contribution in [0, 0.1) is 6.92 Å². The lowest BCUT2D eigenvalue weighted by Crippen LogP contribution is -2.11. The Balaban J connectivity index is 1.41. The third-order valence-corrected chi connectivity index (χ3v) is 7.53. The molecule has 4 aromatic rings. The highest BCUT2D eigenvalue weighted by molar-refractivity contribution is 8.00. The van der Waals surface area contributed by atoms with Gasteiger partial charge in [-0.2, -0.15) is 11.3 Å². The Bertz CT molecular complexity index is 1040. The van der Waals surface area contributed by atoms with Crippen LogP contribution in [-0.2, 0) is 5.75 Å². The first-order valence-electron chi connectivity index (χ1n) is 8.00. The minimum Gasteiger partial charge on any atom is -0.296 e. The fourth-order valence-electron chi connectivity index (χ4n) is 2.31. The molecule has 0 spiro atoms. The second kappa shape index (κ2) is 8.30. The van der Waals surface area contributed by atoms with Crippen LogP contribution in [0.1, 0.15) is 20.9 Å². The fourth-order valence-corrected chi connectivity index (χ4v) is 5.68. The summed E-state index contributed by atoms with van der Waals surface area (Å²) in [6.07, 6.45) is 0. The van der Waals surface area contributed by atoms with Crippen molar-refractivity contribution >= 4 is 56.8 Å². The van der Waals surface area contributed by atoms with Gasteiger partial charge in [0.2, 0.25) is 5.13 Å². The van der Waals surface area contributed by atoms with Crippen LogP contribution in [0.25, 0.3) is 10.6 Å². The summed E-state index contributed by atoms with van der Waals surface area (Å²) < 4.78 is 0.828. The number of hydrogen-bond donors (Lipinski definition) is 1. The Kier molecular flexibility index (Phi) is 5.63. The highest BCUT2D eigenvalue weighted by Gasteiger charge is 2.18. The highest BCUT2D eigenvalue weighted by Crippen LogP contribution is 2.31. The summed E-state index contributed by atoms with van der Waals surface area (Å²) in [4.78, 5) is 17.7. The van der Waals surface area contributed by atoms with Crippen molar-refractivity contribution in [2.45, 2.75) is 17.0 Å². The van der Waals surface area contributed by atoms with Crippen LogP contribution in [-0.4, -0.2) is 21.1 Å². The minimum atomic E-state index is -0.192. The maximum absolute atomic E-state index is 12.6. The monoisotopic (exact) mass is 430 g/mol. The van der Waals surface area contributed by atoms with Gasteiger partial charge in [-0.05, 0) is 23.9 Å². The van der Waals surface area contributed by atoms with Crippen LogP contribution in [0.5, 0.6) is 0 Å². The SMILES string of the molecule is Cc1nc(-c2ccsc2)sc1C(=O)Nc1nnc(SCc2ccccc2)s1. The minimum absolute atomic E-state index is 0.192. The molecule has 0 saturated carbocycles. The highest BCUT2D eigenvalue weighted by atomic mass is 32.2. The van der Waals surface area contributed by atoms with Gasteiger partial charge in [0.05, 0.1) is 5.69 Å². The Labute approximate surface area is 172 Å². The smallest absolute Gasteiger partial charge is 0.269 e. The number of amides is 1. The van der Waals surface area contributed by atoms with Crippen LogP contribution in [0.3, 0.4) is 0 Å². The number of thiophene rings is 1. The quantitative estimate of drug-likeness (QED) is 0.320. The molecule has 1 amide bonds. The third kappa shape index (κ3) is 4.44. The molecule has 3 heterocycles. The van der Waals surface area contributed by atoms with Gasteiger partial charge in [0, 0.05) is 16.7 Å². The normalized spacial score (nSPS) is 10.9. The van der Waals surface area contributed by atoms with E-state index in [2.05, 4.69) is 32.6 Å². The van der Waals surface area contributed by atoms with E-state index in [0.29, 0.717) is 10.0 Å². The van der Waals surface area contributed by atoms with Crippen molar-refractivity contribution in [3.8, 4) is 10.6 Å². The van der Waals surface area contributed by atoms with Crippen molar-refractivity contribution in [3.63, 3.8) is 0 Å². The van der Waals surface area contributed by atoms with Crippen LogP contribution >= 0.6 is 45.8 Å². The molecule has 0 unspecified atom stereocenters. The number of aromatic nitrogens is 3. The van der Waals surface area contributed by atoms with Crippen molar-refractivity contribution in [1.82, 2.24) is 15.2 Å². The lowest BCUT2D eigenvalue weighted by molar-refractivity contribution is 0.102. The molecule has 0 aliphatic carbocycles. The number of anilines is 1. The molecule has 0 atom stereocenters. The predicted molar refractivity (Wildman–Crippen MR) is 114 cm³/mol. The zero-order valence-electron chi connectivity index (χ0n) is 14.2. The zero-order chi connectivity index (χ0) is 18.6. The number of nitrogens with zero attached hydrogens (tertiary/aromatic N) is 3. The van der Waals surface area contributed by atoms with Crippen molar-refractivity contribution in [1.29, 1.82) is 0 Å². The molecule has 1 N–H and O–H groups in total. The van der Waals surface area contributed by atoms with E-state index >= 15 is 0 Å². The van der Waals surface area contributed by atoms with Gasteiger partial charge in [-0.3, -0.25) is 10.1 Å². The molecule has 4 rings (SSSR count). The van der Waals surface area contributed by atoms with E-state index in [-0.39, 0.29) is 5.91 Å². The molecule has 9 heteroatoms. The van der Waals surface area contributed by atoms with Gasteiger partial charge in [0.15, 0.2) is 4.34 Å². The second-order valence-electron chi connectivity index (χ2n) is 5.55. The molecule has 0 aliphatic rings. The number of nitrogens with one attached hydrogen (secondary N) is 1. The molecule has 0 radical (unpaired) electrons. The van der Waals surface area contributed by atoms with E-state index in [1.807, 2.05) is 41.9 Å². The van der Waals surface area contributed by atoms with E-state index in [1.165, 1.54) is 28.2 Å². The van der Waals surface area contributed by atoms with E-state index in [4.69, 9.17) is 0 Å². The first-order chi connectivity index (χ1) is 13.2. The summed E-state index contributed by atoms with van der Waals surface area (Å²) in [6.45, 7) is 1.85. The number of benzene rings is 1. The molecule has 0 bridgehead atoms. The van der Waals surface area contributed by atoms with Crippen molar-refractivity contribution < 1.29 is 4.79 Å². The Morgan fingerprint density at radius 1 is 1.15 bits per heavy atom. The summed E-state index contributed by atoms with van der Waals surface area (Å²) in [6, 6.07) is 12.2. The maximum atomic E-state index is 12.6. The molecular formula is C18H14N4OS4. The Hall–Kier alpha value is -2.07. The molecule has 136 valence electrons. The van der Waals surface area contributed by atoms with Crippen LogP contribution < -0.4 is 5.32 Å². The van der Waals surface area contributed by atoms with Crippen LogP contribution in [0.4, 0.5) is 5.13 Å². The van der Waals surface area contributed by atoms with E-state index in [9.17, 15) is 4.79 Å². The van der Waals surface area contributed by atoms with Crippen LogP contribution in [0.15, 0.2) is 51.5 Å². The molecule has 0 saturated heterocycles. The average Bonchev–Trinajstić information content (AvgIpc) is 3.41. The standard InChI is InChI=1S/C18H14N4OS4/c1-11-14(26-16(19-11)13-7-8-24-10-13)15(23)20-17-21-22-18(27-17)25-9-12-5-3-2-4-6-12/h2-8,10H,9H2,1H3,(H,20,21,23). The molecule has 0 aliphatic heterocycles. The predicted octanol–water partition coefficient (Wildman–Crippen LogP) is 5.58. The second-order valence-corrected chi connectivity index (χ2v) is 9.53. The molecular weight excluding hydrogens is 416 g/mol. The number of thiazole rings is 1. The van der Waals surface area contributed by atoms with Gasteiger partial charge in [0.1, 0.15) is 9.88 Å². The van der Waals surface area contributed by atoms with Crippen molar-refractivity contribution in [3.05, 3.63) is 63.3 Å². The largest absolute Gasteiger partial charge is 0.296 e. The first kappa shape index (κ1) is 18.3. The molecule has 27 heavy (non-hydrogen) atoms. The lowest BCUT2D eigenvalue weighted by Gasteiger charge is -1.98. The number of aryl methyl sites for hydroxylation is 1. The Morgan fingerprint density at radius 2 is 2.00 bits per heavy atom. The number of rotatable bonds is 6. The van der Waals surface area contributed by atoms with Gasteiger partial charge in [0.25, 0.3) is 5.91 Å². The number of carbonyl (C=O) groups is 1. The molecule has 1 aromatic carbocycles. The number of thioether (sulfide) groups is 1. The summed E-state index contributed by atoms with van der Waals surface area (Å²) in [5.41, 5.74) is 2.99. The summed E-state index contributed by atoms with van der Waals surface area (Å²) in [5, 5.41) is 16.5. The fraction of sp³-hybridized carbons (Fsp3) is 0.111. The van der Waals surface area contributed by atoms with E-state index < -0.39 is 0 Å². The molecule has 5 nitrogen and oxygen atoms in total. The Morgan fingerprint density at radius 3 is 2.78 bits per heavy atom. The number of carbonyl (C=O) groups excluding carboxylic acids is 1. The molecule has 0 fully saturated rings. The van der Waals surface area contributed by atoms with Crippen molar-refractivity contribution in [2.75, 3.05) is 5.32 Å². The third-order valence-electron chi connectivity index (χ3n) is 3.60. The molecule has 3 aromatic heterocycles.